The van der Waals surface area contributed by atoms with E-state index in [2.05, 4.69) is 0 Å². The summed E-state index contributed by atoms with van der Waals surface area (Å²) >= 11 is 0. The van der Waals surface area contributed by atoms with Crippen molar-refractivity contribution in [1.82, 2.24) is 0 Å². The third kappa shape index (κ3) is 3.43. The average Bonchev–Trinajstić information content (AvgIpc) is 2.59. The molecule has 1 aliphatic carbocycles. The minimum absolute atomic E-state index is 0.193. The Hall–Kier alpha value is -2.81. The van der Waals surface area contributed by atoms with Crippen LogP contribution in [-0.4, -0.2) is 47.6 Å². The van der Waals surface area contributed by atoms with E-state index in [0.29, 0.717) is 0 Å². The third-order valence-electron chi connectivity index (χ3n) is 4.64. The number of ether oxygens (including phenoxy) is 2. The molecule has 2 rings (SSSR count). The van der Waals surface area contributed by atoms with Crippen LogP contribution in [0.1, 0.15) is 24.8 Å². The lowest BCUT2D eigenvalue weighted by molar-refractivity contribution is -0.385. The number of carbonyl (C=O) groups is 3. The number of nitrogens with zero attached hydrogens (tertiary/aromatic N) is 1. The number of aliphatic hydroxyl groups is 1. The standard InChI is InChI=1S/C17H19NO8/c1-17(22)8-11(19)13(15(20)25-2)12(14(17)16(21)26-3)9-5-4-6-10(7-9)18(23)24/h4-7,12-14,22H,8H2,1-3H3/t12-,13-,14+,17-/m0/s1. The zero-order valence-electron chi connectivity index (χ0n) is 14.5. The number of carbonyl (C=O) groups excluding carboxylic acids is 3. The summed E-state index contributed by atoms with van der Waals surface area (Å²) in [6.07, 6.45) is -0.446. The van der Waals surface area contributed by atoms with Gasteiger partial charge in [0, 0.05) is 24.5 Å². The minimum Gasteiger partial charge on any atom is -0.469 e. The van der Waals surface area contributed by atoms with Crippen molar-refractivity contribution < 1.29 is 33.9 Å². The summed E-state index contributed by atoms with van der Waals surface area (Å²) in [6, 6.07) is 5.25. The number of hydrogen-bond acceptors (Lipinski definition) is 8. The zero-order chi connectivity index (χ0) is 19.6. The fourth-order valence-electron chi connectivity index (χ4n) is 3.52. The second-order valence-electron chi connectivity index (χ2n) is 6.38. The van der Waals surface area contributed by atoms with Gasteiger partial charge < -0.3 is 14.6 Å². The topological polar surface area (TPSA) is 133 Å². The summed E-state index contributed by atoms with van der Waals surface area (Å²) in [5.41, 5.74) is -1.87. The number of nitro benzene ring substituents is 1. The molecule has 0 saturated heterocycles. The molecule has 4 atom stereocenters. The Morgan fingerprint density at radius 2 is 1.88 bits per heavy atom. The number of nitro groups is 1. The molecule has 0 aromatic heterocycles. The van der Waals surface area contributed by atoms with Gasteiger partial charge in [0.15, 0.2) is 5.78 Å². The van der Waals surface area contributed by atoms with Gasteiger partial charge in [-0.15, -0.1) is 0 Å². The fourth-order valence-corrected chi connectivity index (χ4v) is 3.52. The molecule has 0 aliphatic heterocycles. The predicted octanol–water partition coefficient (Wildman–Crippen LogP) is 0.981. The van der Waals surface area contributed by atoms with E-state index in [0.717, 1.165) is 14.2 Å². The fraction of sp³-hybridized carbons (Fsp3) is 0.471. The van der Waals surface area contributed by atoms with Crippen LogP contribution in [-0.2, 0) is 23.9 Å². The van der Waals surface area contributed by atoms with Crippen molar-refractivity contribution in [2.75, 3.05) is 14.2 Å². The molecule has 9 heteroatoms. The Balaban J connectivity index is 2.69. The molecule has 0 amide bonds. The highest BCUT2D eigenvalue weighted by Crippen LogP contribution is 2.47. The monoisotopic (exact) mass is 365 g/mol. The van der Waals surface area contributed by atoms with Crippen molar-refractivity contribution in [2.24, 2.45) is 11.8 Å². The van der Waals surface area contributed by atoms with Crippen molar-refractivity contribution in [2.45, 2.75) is 24.9 Å². The van der Waals surface area contributed by atoms with Gasteiger partial charge in [-0.2, -0.15) is 0 Å². The maximum atomic E-state index is 12.5. The van der Waals surface area contributed by atoms with Crippen LogP contribution in [0, 0.1) is 22.0 Å². The van der Waals surface area contributed by atoms with Crippen LogP contribution < -0.4 is 0 Å². The highest BCUT2D eigenvalue weighted by Gasteiger charge is 2.57. The van der Waals surface area contributed by atoms with E-state index in [-0.39, 0.29) is 11.3 Å². The molecule has 0 spiro atoms. The van der Waals surface area contributed by atoms with Crippen molar-refractivity contribution in [1.29, 1.82) is 0 Å². The van der Waals surface area contributed by atoms with Crippen molar-refractivity contribution in [3.63, 3.8) is 0 Å². The van der Waals surface area contributed by atoms with Crippen molar-refractivity contribution >= 4 is 23.4 Å². The van der Waals surface area contributed by atoms with E-state index >= 15 is 0 Å². The number of hydrogen-bond donors (Lipinski definition) is 1. The quantitative estimate of drug-likeness (QED) is 0.361. The highest BCUT2D eigenvalue weighted by molar-refractivity contribution is 6.02. The lowest BCUT2D eigenvalue weighted by atomic mass is 9.61. The van der Waals surface area contributed by atoms with Gasteiger partial charge in [-0.1, -0.05) is 12.1 Å². The summed E-state index contributed by atoms with van der Waals surface area (Å²) in [7, 11) is 2.21. The molecule has 140 valence electrons. The van der Waals surface area contributed by atoms with E-state index in [9.17, 15) is 29.6 Å². The average molecular weight is 365 g/mol. The van der Waals surface area contributed by atoms with Crippen LogP contribution >= 0.6 is 0 Å². The van der Waals surface area contributed by atoms with Crippen molar-refractivity contribution in [3.8, 4) is 0 Å². The van der Waals surface area contributed by atoms with Crippen LogP contribution in [0.5, 0.6) is 0 Å². The Bertz CT molecular complexity index is 757. The van der Waals surface area contributed by atoms with E-state index in [1.54, 1.807) is 0 Å². The number of Topliss-reactive ketones (excluding diaryl/α,β-unsaturated/α-hetero) is 1. The summed E-state index contributed by atoms with van der Waals surface area (Å²) in [5.74, 6) is -6.14. The smallest absolute Gasteiger partial charge is 0.316 e. The molecular formula is C17H19NO8. The first-order chi connectivity index (χ1) is 12.1. The zero-order valence-corrected chi connectivity index (χ0v) is 14.5. The normalized spacial score (nSPS) is 28.3. The third-order valence-corrected chi connectivity index (χ3v) is 4.64. The maximum Gasteiger partial charge on any atom is 0.316 e. The minimum atomic E-state index is -1.79. The molecule has 9 nitrogen and oxygen atoms in total. The molecular weight excluding hydrogens is 346 g/mol. The molecule has 1 fully saturated rings. The Labute approximate surface area is 149 Å². The maximum absolute atomic E-state index is 12.5. The van der Waals surface area contributed by atoms with Gasteiger partial charge in [0.05, 0.1) is 30.7 Å². The van der Waals surface area contributed by atoms with Crippen LogP contribution in [0.25, 0.3) is 0 Å². The molecule has 1 aliphatic rings. The number of ketones is 1. The summed E-state index contributed by atoms with van der Waals surface area (Å²) in [4.78, 5) is 47.6. The second-order valence-corrected chi connectivity index (χ2v) is 6.38. The molecule has 0 bridgehead atoms. The molecule has 0 unspecified atom stereocenters. The van der Waals surface area contributed by atoms with Crippen LogP contribution in [0.4, 0.5) is 5.69 Å². The molecule has 26 heavy (non-hydrogen) atoms. The first kappa shape index (κ1) is 19.5. The number of benzene rings is 1. The van der Waals surface area contributed by atoms with Crippen LogP contribution in [0.15, 0.2) is 24.3 Å². The number of methoxy groups -OCH3 is 2. The molecule has 1 N–H and O–H groups in total. The number of rotatable bonds is 4. The molecule has 1 aromatic carbocycles. The lowest BCUT2D eigenvalue weighted by Gasteiger charge is -2.43. The molecule has 1 aromatic rings. The van der Waals surface area contributed by atoms with Gasteiger partial charge in [-0.3, -0.25) is 24.5 Å². The van der Waals surface area contributed by atoms with Gasteiger partial charge >= 0.3 is 11.9 Å². The van der Waals surface area contributed by atoms with E-state index in [4.69, 9.17) is 9.47 Å². The second kappa shape index (κ2) is 7.20. The van der Waals surface area contributed by atoms with E-state index in [1.165, 1.54) is 31.2 Å². The van der Waals surface area contributed by atoms with Gasteiger partial charge in [0.1, 0.15) is 5.92 Å². The molecule has 0 radical (unpaired) electrons. The number of esters is 2. The summed E-state index contributed by atoms with van der Waals surface area (Å²) in [5, 5.41) is 21.8. The molecule has 1 saturated carbocycles. The lowest BCUT2D eigenvalue weighted by Crippen LogP contribution is -2.55. The van der Waals surface area contributed by atoms with Gasteiger partial charge in [-0.05, 0) is 12.5 Å². The van der Waals surface area contributed by atoms with Crippen LogP contribution in [0.2, 0.25) is 0 Å². The summed E-state index contributed by atoms with van der Waals surface area (Å²) < 4.78 is 9.45. The van der Waals surface area contributed by atoms with Crippen molar-refractivity contribution in [3.05, 3.63) is 39.9 Å². The molecule has 0 heterocycles. The Kier molecular flexibility index (Phi) is 5.41. The van der Waals surface area contributed by atoms with Crippen LogP contribution in [0.3, 0.4) is 0 Å². The Morgan fingerprint density at radius 1 is 1.27 bits per heavy atom. The number of non-ortho nitro benzene ring substituents is 1. The highest BCUT2D eigenvalue weighted by atomic mass is 16.6. The van der Waals surface area contributed by atoms with Gasteiger partial charge in [0.25, 0.3) is 5.69 Å². The summed E-state index contributed by atoms with van der Waals surface area (Å²) in [6.45, 7) is 1.30. The van der Waals surface area contributed by atoms with E-state index < -0.39 is 52.4 Å². The van der Waals surface area contributed by atoms with Gasteiger partial charge in [0.2, 0.25) is 0 Å². The van der Waals surface area contributed by atoms with Gasteiger partial charge in [-0.25, -0.2) is 0 Å². The Morgan fingerprint density at radius 3 is 2.42 bits per heavy atom. The van der Waals surface area contributed by atoms with E-state index in [1.807, 2.05) is 0 Å². The first-order valence-electron chi connectivity index (χ1n) is 7.79. The predicted molar refractivity (Wildman–Crippen MR) is 87.1 cm³/mol. The largest absolute Gasteiger partial charge is 0.469 e. The SMILES string of the molecule is COC(=O)[C@H]1C(=O)C[C@](C)(O)[C@@H](C(=O)OC)[C@H]1c1cccc([N+](=O)[O-])c1. The first-order valence-corrected chi connectivity index (χ1v) is 7.79.